The number of rotatable bonds is 4. The zero-order valence-corrected chi connectivity index (χ0v) is 12.9. The second kappa shape index (κ2) is 8.68. The smallest absolute Gasteiger partial charge is 0.319 e. The molecule has 0 fully saturated rings. The number of methoxy groups -OCH3 is 1. The Bertz CT molecular complexity index is 551. The lowest BCUT2D eigenvalue weighted by Crippen LogP contribution is -2.28. The molecule has 1 heterocycles. The molecule has 1 aromatic carbocycles. The van der Waals surface area contributed by atoms with Gasteiger partial charge in [0.05, 0.1) is 25.6 Å². The molecule has 114 valence electrons. The van der Waals surface area contributed by atoms with Gasteiger partial charge in [0.2, 0.25) is 0 Å². The Morgan fingerprint density at radius 1 is 1.29 bits per heavy atom. The van der Waals surface area contributed by atoms with E-state index in [1.807, 2.05) is 39.0 Å². The monoisotopic (exact) mass is 290 g/mol. The second-order valence-corrected chi connectivity index (χ2v) is 4.09. The predicted molar refractivity (Wildman–Crippen MR) is 83.6 cm³/mol. The summed E-state index contributed by atoms with van der Waals surface area (Å²) in [6, 6.07) is 8.86. The molecule has 0 aliphatic heterocycles. The lowest BCUT2D eigenvalue weighted by molar-refractivity contribution is 0.250. The fourth-order valence-corrected chi connectivity index (χ4v) is 1.67. The molecule has 0 bridgehead atoms. The maximum atomic E-state index is 11.8. The minimum atomic E-state index is -0.305. The molecular formula is C16H22N2O3. The van der Waals surface area contributed by atoms with Crippen LogP contribution in [0.25, 0.3) is 0 Å². The van der Waals surface area contributed by atoms with Gasteiger partial charge in [-0.25, -0.2) is 4.79 Å². The predicted octanol–water partition coefficient (Wildman–Crippen LogP) is 3.94. The number of benzene rings is 1. The van der Waals surface area contributed by atoms with Crippen LogP contribution in [0.2, 0.25) is 0 Å². The van der Waals surface area contributed by atoms with Crippen LogP contribution in [0, 0.1) is 6.92 Å². The number of ether oxygens (including phenoxy) is 1. The number of carbonyl (C=O) groups is 1. The Morgan fingerprint density at radius 2 is 2.05 bits per heavy atom. The Morgan fingerprint density at radius 3 is 2.67 bits per heavy atom. The molecule has 2 aromatic rings. The second-order valence-electron chi connectivity index (χ2n) is 4.09. The number of urea groups is 1. The van der Waals surface area contributed by atoms with E-state index in [0.29, 0.717) is 23.7 Å². The first kappa shape index (κ1) is 16.6. The molecule has 5 heteroatoms. The van der Waals surface area contributed by atoms with Crippen molar-refractivity contribution in [1.82, 2.24) is 5.32 Å². The third-order valence-corrected chi connectivity index (χ3v) is 2.61. The number of anilines is 1. The summed E-state index contributed by atoms with van der Waals surface area (Å²) < 4.78 is 10.3. The number of hydrogen-bond acceptors (Lipinski definition) is 3. The summed E-state index contributed by atoms with van der Waals surface area (Å²) in [5.74, 6) is 1.32. The van der Waals surface area contributed by atoms with Crippen LogP contribution in [-0.2, 0) is 6.54 Å². The number of nitrogens with one attached hydrogen (secondary N) is 2. The highest BCUT2D eigenvalue weighted by molar-refractivity contribution is 5.91. The van der Waals surface area contributed by atoms with Gasteiger partial charge in [0.1, 0.15) is 11.5 Å². The van der Waals surface area contributed by atoms with E-state index in [2.05, 4.69) is 10.6 Å². The molecule has 0 unspecified atom stereocenters. The van der Waals surface area contributed by atoms with Crippen LogP contribution in [0.1, 0.15) is 25.2 Å². The molecule has 2 N–H and O–H groups in total. The van der Waals surface area contributed by atoms with Crippen molar-refractivity contribution in [2.45, 2.75) is 27.3 Å². The lowest BCUT2D eigenvalue weighted by atomic mass is 10.2. The van der Waals surface area contributed by atoms with Gasteiger partial charge in [0.15, 0.2) is 0 Å². The summed E-state index contributed by atoms with van der Waals surface area (Å²) in [5.41, 5.74) is 1.68. The van der Waals surface area contributed by atoms with Gasteiger partial charge in [0, 0.05) is 0 Å². The average Bonchev–Trinajstić information content (AvgIpc) is 3.01. The van der Waals surface area contributed by atoms with Gasteiger partial charge in [-0.15, -0.1) is 0 Å². The normalized spacial score (nSPS) is 9.33. The van der Waals surface area contributed by atoms with E-state index in [1.54, 1.807) is 25.5 Å². The van der Waals surface area contributed by atoms with E-state index >= 15 is 0 Å². The molecule has 0 spiro atoms. The quantitative estimate of drug-likeness (QED) is 0.896. The van der Waals surface area contributed by atoms with Gasteiger partial charge in [-0.1, -0.05) is 19.9 Å². The fraction of sp³-hybridized carbons (Fsp3) is 0.312. The van der Waals surface area contributed by atoms with Crippen molar-refractivity contribution >= 4 is 11.7 Å². The molecule has 1 aromatic heterocycles. The number of hydrogen-bond donors (Lipinski definition) is 2. The van der Waals surface area contributed by atoms with E-state index < -0.39 is 0 Å². The minimum Gasteiger partial charge on any atom is -0.495 e. The molecular weight excluding hydrogens is 268 g/mol. The highest BCUT2D eigenvalue weighted by Gasteiger charge is 2.07. The van der Waals surface area contributed by atoms with Gasteiger partial charge < -0.3 is 19.8 Å². The van der Waals surface area contributed by atoms with Gasteiger partial charge >= 0.3 is 6.03 Å². The molecule has 0 aliphatic rings. The summed E-state index contributed by atoms with van der Waals surface area (Å²) in [6.07, 6.45) is 1.57. The molecule has 0 radical (unpaired) electrons. The van der Waals surface area contributed by atoms with Crippen molar-refractivity contribution in [3.8, 4) is 5.75 Å². The Hall–Kier alpha value is -2.43. The summed E-state index contributed by atoms with van der Waals surface area (Å²) in [4.78, 5) is 11.8. The summed E-state index contributed by atoms with van der Waals surface area (Å²) in [5, 5.41) is 5.45. The van der Waals surface area contributed by atoms with E-state index in [4.69, 9.17) is 9.15 Å². The summed E-state index contributed by atoms with van der Waals surface area (Å²) in [7, 11) is 1.57. The molecule has 0 aliphatic carbocycles. The average molecular weight is 290 g/mol. The largest absolute Gasteiger partial charge is 0.495 e. The Labute approximate surface area is 125 Å². The molecule has 2 amide bonds. The topological polar surface area (TPSA) is 63.5 Å². The molecule has 0 atom stereocenters. The highest BCUT2D eigenvalue weighted by Crippen LogP contribution is 2.24. The van der Waals surface area contributed by atoms with Crippen LogP contribution in [0.15, 0.2) is 41.0 Å². The van der Waals surface area contributed by atoms with Crippen LogP contribution < -0.4 is 15.4 Å². The standard InChI is InChI=1S/C14H16N2O3.C2H6/c1-10-5-6-13(18-2)12(8-10)16-14(17)15-9-11-4-3-7-19-11;1-2/h3-8H,9H2,1-2H3,(H2,15,16,17);1-2H3. The Balaban J connectivity index is 0.00000106. The van der Waals surface area contributed by atoms with Gasteiger partial charge in [0.25, 0.3) is 0 Å². The number of amides is 2. The van der Waals surface area contributed by atoms with Crippen LogP contribution in [0.5, 0.6) is 5.75 Å². The van der Waals surface area contributed by atoms with Crippen molar-refractivity contribution in [2.75, 3.05) is 12.4 Å². The first-order valence-electron chi connectivity index (χ1n) is 6.91. The van der Waals surface area contributed by atoms with E-state index in [9.17, 15) is 4.79 Å². The first-order chi connectivity index (χ1) is 10.2. The van der Waals surface area contributed by atoms with Crippen molar-refractivity contribution in [3.05, 3.63) is 47.9 Å². The number of furan rings is 1. The van der Waals surface area contributed by atoms with Gasteiger partial charge in [-0.2, -0.15) is 0 Å². The molecule has 0 saturated carbocycles. The zero-order valence-electron chi connectivity index (χ0n) is 12.9. The van der Waals surface area contributed by atoms with Gasteiger partial charge in [-0.3, -0.25) is 0 Å². The van der Waals surface area contributed by atoms with Crippen LogP contribution in [0.4, 0.5) is 10.5 Å². The molecule has 0 saturated heterocycles. The fourth-order valence-electron chi connectivity index (χ4n) is 1.67. The third-order valence-electron chi connectivity index (χ3n) is 2.61. The maximum absolute atomic E-state index is 11.8. The maximum Gasteiger partial charge on any atom is 0.319 e. The van der Waals surface area contributed by atoms with Crippen molar-refractivity contribution < 1.29 is 13.9 Å². The molecule has 21 heavy (non-hydrogen) atoms. The van der Waals surface area contributed by atoms with E-state index in [0.717, 1.165) is 5.56 Å². The lowest BCUT2D eigenvalue weighted by Gasteiger charge is -2.11. The van der Waals surface area contributed by atoms with Crippen molar-refractivity contribution in [1.29, 1.82) is 0 Å². The number of carbonyl (C=O) groups excluding carboxylic acids is 1. The SMILES string of the molecule is CC.COc1ccc(C)cc1NC(=O)NCc1ccco1. The molecule has 5 nitrogen and oxygen atoms in total. The highest BCUT2D eigenvalue weighted by atomic mass is 16.5. The summed E-state index contributed by atoms with van der Waals surface area (Å²) >= 11 is 0. The van der Waals surface area contributed by atoms with Crippen LogP contribution in [0.3, 0.4) is 0 Å². The van der Waals surface area contributed by atoms with E-state index in [-0.39, 0.29) is 6.03 Å². The number of aryl methyl sites for hydroxylation is 1. The van der Waals surface area contributed by atoms with Crippen molar-refractivity contribution in [2.24, 2.45) is 0 Å². The first-order valence-corrected chi connectivity index (χ1v) is 6.91. The summed E-state index contributed by atoms with van der Waals surface area (Å²) in [6.45, 7) is 6.29. The van der Waals surface area contributed by atoms with Gasteiger partial charge in [-0.05, 0) is 36.8 Å². The Kier molecular flexibility index (Phi) is 6.87. The van der Waals surface area contributed by atoms with E-state index in [1.165, 1.54) is 0 Å². The van der Waals surface area contributed by atoms with Crippen LogP contribution >= 0.6 is 0 Å². The zero-order chi connectivity index (χ0) is 15.7. The molecule has 2 rings (SSSR count). The van der Waals surface area contributed by atoms with Crippen LogP contribution in [-0.4, -0.2) is 13.1 Å². The third kappa shape index (κ3) is 5.22. The minimum absolute atomic E-state index is 0.305. The van der Waals surface area contributed by atoms with Crippen molar-refractivity contribution in [3.63, 3.8) is 0 Å².